The molecule has 3 rings (SSSR count). The molecule has 0 atom stereocenters. The van der Waals surface area contributed by atoms with E-state index in [1.807, 2.05) is 13.8 Å². The zero-order valence-electron chi connectivity index (χ0n) is 13.4. The van der Waals surface area contributed by atoms with Crippen LogP contribution >= 0.6 is 34.5 Å². The second-order valence-corrected chi connectivity index (χ2v) is 11.0. The Hall–Kier alpha value is -0.880. The highest BCUT2D eigenvalue weighted by molar-refractivity contribution is 7.93. The second-order valence-electron chi connectivity index (χ2n) is 6.91. The first-order valence-corrected chi connectivity index (χ1v) is 10.8. The Labute approximate surface area is 155 Å². The number of carbonyl (C=O) groups excluding carboxylic acids is 1. The SMILES string of the molecule is CC1(C)CC(=O)c2c(S(C)(=O)=O)sc(-c3ccc(Cl)c(Cl)c3)c2C1. The zero-order valence-corrected chi connectivity index (χ0v) is 16.6. The van der Waals surface area contributed by atoms with Gasteiger partial charge in [-0.25, -0.2) is 8.42 Å². The summed E-state index contributed by atoms with van der Waals surface area (Å²) in [6.45, 7) is 4.04. The first-order chi connectivity index (χ1) is 11.0. The van der Waals surface area contributed by atoms with Crippen LogP contribution in [0.4, 0.5) is 0 Å². The van der Waals surface area contributed by atoms with E-state index < -0.39 is 9.84 Å². The third-order valence-corrected chi connectivity index (χ3v) is 7.92. The highest BCUT2D eigenvalue weighted by atomic mass is 35.5. The Morgan fingerprint density at radius 3 is 2.38 bits per heavy atom. The Balaban J connectivity index is 2.32. The molecule has 0 unspecified atom stereocenters. The molecule has 0 saturated heterocycles. The molecule has 2 aromatic rings. The van der Waals surface area contributed by atoms with Crippen molar-refractivity contribution in [2.24, 2.45) is 5.41 Å². The third kappa shape index (κ3) is 3.15. The average molecular weight is 403 g/mol. The molecule has 3 nitrogen and oxygen atoms in total. The smallest absolute Gasteiger partial charge is 0.185 e. The Morgan fingerprint density at radius 2 is 1.79 bits per heavy atom. The van der Waals surface area contributed by atoms with Crippen molar-refractivity contribution in [1.82, 2.24) is 0 Å². The number of hydrogen-bond donors (Lipinski definition) is 0. The van der Waals surface area contributed by atoms with Crippen molar-refractivity contribution in [1.29, 1.82) is 0 Å². The number of fused-ring (bicyclic) bond motifs is 1. The highest BCUT2D eigenvalue weighted by Gasteiger charge is 2.38. The fourth-order valence-electron chi connectivity index (χ4n) is 3.09. The summed E-state index contributed by atoms with van der Waals surface area (Å²) in [4.78, 5) is 13.4. The molecule has 1 aliphatic carbocycles. The first kappa shape index (κ1) is 17.9. The minimum absolute atomic E-state index is 0.107. The normalized spacial score (nSPS) is 17.0. The fraction of sp³-hybridized carbons (Fsp3) is 0.353. The van der Waals surface area contributed by atoms with E-state index in [2.05, 4.69) is 0 Å². The summed E-state index contributed by atoms with van der Waals surface area (Å²) in [5.74, 6) is -0.107. The summed E-state index contributed by atoms with van der Waals surface area (Å²) in [5.41, 5.74) is 1.75. The van der Waals surface area contributed by atoms with Crippen molar-refractivity contribution in [2.45, 2.75) is 30.9 Å². The monoisotopic (exact) mass is 402 g/mol. The molecule has 0 aliphatic heterocycles. The van der Waals surface area contributed by atoms with Crippen LogP contribution in [0.2, 0.25) is 10.0 Å². The maximum absolute atomic E-state index is 12.6. The quantitative estimate of drug-likeness (QED) is 0.686. The van der Waals surface area contributed by atoms with Gasteiger partial charge in [-0.3, -0.25) is 4.79 Å². The largest absolute Gasteiger partial charge is 0.294 e. The maximum Gasteiger partial charge on any atom is 0.185 e. The van der Waals surface area contributed by atoms with Gasteiger partial charge in [0.15, 0.2) is 15.6 Å². The number of carbonyl (C=O) groups is 1. The number of Topliss-reactive ketones (excluding diaryl/α,β-unsaturated/α-hetero) is 1. The van der Waals surface area contributed by atoms with E-state index >= 15 is 0 Å². The van der Waals surface area contributed by atoms with Crippen molar-refractivity contribution in [3.8, 4) is 10.4 Å². The lowest BCUT2D eigenvalue weighted by Gasteiger charge is -2.29. The van der Waals surface area contributed by atoms with Crippen molar-refractivity contribution in [2.75, 3.05) is 6.26 Å². The van der Waals surface area contributed by atoms with E-state index in [1.165, 1.54) is 0 Å². The molecule has 7 heteroatoms. The third-order valence-electron chi connectivity index (χ3n) is 4.07. The van der Waals surface area contributed by atoms with Crippen LogP contribution in [0.15, 0.2) is 22.4 Å². The van der Waals surface area contributed by atoms with Gasteiger partial charge in [-0.15, -0.1) is 11.3 Å². The van der Waals surface area contributed by atoms with Crippen LogP contribution < -0.4 is 0 Å². The summed E-state index contributed by atoms with van der Waals surface area (Å²) < 4.78 is 24.5. The van der Waals surface area contributed by atoms with E-state index in [1.54, 1.807) is 18.2 Å². The molecular formula is C17H16Cl2O3S2. The van der Waals surface area contributed by atoms with Crippen LogP contribution in [0.25, 0.3) is 10.4 Å². The van der Waals surface area contributed by atoms with Crippen LogP contribution in [0.1, 0.15) is 36.2 Å². The maximum atomic E-state index is 12.6. The summed E-state index contributed by atoms with van der Waals surface area (Å²) in [6.07, 6.45) is 2.14. The number of halogens is 2. The molecule has 0 saturated carbocycles. The lowest BCUT2D eigenvalue weighted by atomic mass is 9.74. The van der Waals surface area contributed by atoms with Crippen molar-refractivity contribution in [3.05, 3.63) is 39.4 Å². The summed E-state index contributed by atoms with van der Waals surface area (Å²) in [5, 5.41) is 0.837. The van der Waals surface area contributed by atoms with Crippen LogP contribution in [0, 0.1) is 5.41 Å². The van der Waals surface area contributed by atoms with Gasteiger partial charge in [0.25, 0.3) is 0 Å². The number of hydrogen-bond acceptors (Lipinski definition) is 4. The molecule has 24 heavy (non-hydrogen) atoms. The number of thiophene rings is 1. The molecule has 0 fully saturated rings. The van der Waals surface area contributed by atoms with Gasteiger partial charge in [0, 0.05) is 17.6 Å². The van der Waals surface area contributed by atoms with Gasteiger partial charge in [0.05, 0.1) is 15.6 Å². The lowest BCUT2D eigenvalue weighted by Crippen LogP contribution is -2.27. The summed E-state index contributed by atoms with van der Waals surface area (Å²) in [6, 6.07) is 5.20. The molecule has 0 amide bonds. The molecule has 1 aliphatic rings. The van der Waals surface area contributed by atoms with Gasteiger partial charge in [-0.2, -0.15) is 0 Å². The molecule has 1 heterocycles. The fourth-order valence-corrected chi connectivity index (χ4v) is 5.92. The second kappa shape index (κ2) is 5.84. The van der Waals surface area contributed by atoms with Crippen molar-refractivity contribution in [3.63, 3.8) is 0 Å². The van der Waals surface area contributed by atoms with E-state index in [4.69, 9.17) is 23.2 Å². The molecule has 128 valence electrons. The Morgan fingerprint density at radius 1 is 1.12 bits per heavy atom. The van der Waals surface area contributed by atoms with Gasteiger partial charge < -0.3 is 0 Å². The van der Waals surface area contributed by atoms with Crippen LogP contribution in [0.3, 0.4) is 0 Å². The minimum Gasteiger partial charge on any atom is -0.294 e. The van der Waals surface area contributed by atoms with Gasteiger partial charge in [0.1, 0.15) is 4.21 Å². The zero-order chi connectivity index (χ0) is 17.9. The van der Waals surface area contributed by atoms with Gasteiger partial charge in [-0.1, -0.05) is 43.1 Å². The predicted octanol–water partition coefficient (Wildman–Crippen LogP) is 5.28. The van der Waals surface area contributed by atoms with E-state index in [-0.39, 0.29) is 15.4 Å². The number of rotatable bonds is 2. The lowest BCUT2D eigenvalue weighted by molar-refractivity contribution is 0.0910. The van der Waals surface area contributed by atoms with Crippen LogP contribution in [-0.2, 0) is 16.3 Å². The average Bonchev–Trinajstić information content (AvgIpc) is 2.80. The van der Waals surface area contributed by atoms with Crippen molar-refractivity contribution >= 4 is 50.2 Å². The predicted molar refractivity (Wildman–Crippen MR) is 99.3 cm³/mol. The number of sulfone groups is 1. The molecule has 0 N–H and O–H groups in total. The molecule has 0 bridgehead atoms. The van der Waals surface area contributed by atoms with Gasteiger partial charge in [-0.05, 0) is 35.1 Å². The van der Waals surface area contributed by atoms with E-state index in [9.17, 15) is 13.2 Å². The van der Waals surface area contributed by atoms with Crippen LogP contribution in [-0.4, -0.2) is 20.5 Å². The highest BCUT2D eigenvalue weighted by Crippen LogP contribution is 2.47. The molecule has 1 aromatic heterocycles. The minimum atomic E-state index is -3.48. The molecule has 0 radical (unpaired) electrons. The number of ketones is 1. The Bertz CT molecular complexity index is 956. The van der Waals surface area contributed by atoms with Gasteiger partial charge in [0.2, 0.25) is 0 Å². The van der Waals surface area contributed by atoms with Crippen LogP contribution in [0.5, 0.6) is 0 Å². The first-order valence-electron chi connectivity index (χ1n) is 7.34. The summed E-state index contributed by atoms with van der Waals surface area (Å²) >= 11 is 13.2. The molecule has 1 aromatic carbocycles. The Kier molecular flexibility index (Phi) is 4.36. The van der Waals surface area contributed by atoms with Crippen molar-refractivity contribution < 1.29 is 13.2 Å². The molecule has 0 spiro atoms. The molecular weight excluding hydrogens is 387 g/mol. The van der Waals surface area contributed by atoms with E-state index in [0.717, 1.165) is 33.6 Å². The number of benzene rings is 1. The standard InChI is InChI=1S/C17H16Cl2O3S2/c1-17(2)7-10-14(13(20)8-17)16(24(3,21)22)23-15(10)9-4-5-11(18)12(19)6-9/h4-6H,7-8H2,1-3H3. The summed E-state index contributed by atoms with van der Waals surface area (Å²) in [7, 11) is -3.48. The van der Waals surface area contributed by atoms with E-state index in [0.29, 0.717) is 28.5 Å². The topological polar surface area (TPSA) is 51.2 Å². The van der Waals surface area contributed by atoms with Gasteiger partial charge >= 0.3 is 0 Å².